The van der Waals surface area contributed by atoms with Crippen molar-refractivity contribution in [3.05, 3.63) is 51.9 Å². The minimum absolute atomic E-state index is 0.319. The minimum Gasteiger partial charge on any atom is -0.256 e. The van der Waals surface area contributed by atoms with E-state index in [2.05, 4.69) is 4.98 Å². The third kappa shape index (κ3) is 2.04. The normalized spacial score (nSPS) is 10.5. The molecular weight excluding hydrogens is 248 g/mol. The van der Waals surface area contributed by atoms with Crippen LogP contribution in [0.15, 0.2) is 30.5 Å². The molecule has 4 heteroatoms. The number of aryl methyl sites for hydroxylation is 1. The Balaban J connectivity index is 2.63. The van der Waals surface area contributed by atoms with Crippen LogP contribution in [0.1, 0.15) is 5.56 Å². The van der Waals surface area contributed by atoms with Crippen molar-refractivity contribution in [2.45, 2.75) is 6.92 Å². The highest BCUT2D eigenvalue weighted by Crippen LogP contribution is 2.33. The van der Waals surface area contributed by atoms with Gasteiger partial charge in [-0.25, -0.2) is 4.39 Å². The number of halogens is 3. The summed E-state index contributed by atoms with van der Waals surface area (Å²) in [7, 11) is 0. The van der Waals surface area contributed by atoms with E-state index < -0.39 is 0 Å². The molecule has 1 aromatic heterocycles. The van der Waals surface area contributed by atoms with Crippen LogP contribution in [0.2, 0.25) is 10.0 Å². The van der Waals surface area contributed by atoms with Gasteiger partial charge in [-0.15, -0.1) is 0 Å². The van der Waals surface area contributed by atoms with Gasteiger partial charge in [-0.3, -0.25) is 4.98 Å². The van der Waals surface area contributed by atoms with Gasteiger partial charge in [-0.1, -0.05) is 29.3 Å². The number of hydrogen-bond donors (Lipinski definition) is 0. The maximum atomic E-state index is 13.4. The first-order valence-corrected chi connectivity index (χ1v) is 5.41. The standard InChI is InChI=1S/C12H8Cl2FN/c1-7-6-16-11(5-10(7)15)12-8(13)3-2-4-9(12)14/h2-6H,1H3. The topological polar surface area (TPSA) is 12.9 Å². The van der Waals surface area contributed by atoms with E-state index >= 15 is 0 Å². The van der Waals surface area contributed by atoms with Crippen LogP contribution in [0.4, 0.5) is 4.39 Å². The van der Waals surface area contributed by atoms with Gasteiger partial charge in [0.05, 0.1) is 15.7 Å². The van der Waals surface area contributed by atoms with Crippen LogP contribution < -0.4 is 0 Å². The largest absolute Gasteiger partial charge is 0.256 e. The van der Waals surface area contributed by atoms with Crippen molar-refractivity contribution in [1.82, 2.24) is 4.98 Å². The molecule has 1 aromatic carbocycles. The molecule has 0 aliphatic carbocycles. The Kier molecular flexibility index (Phi) is 3.13. The summed E-state index contributed by atoms with van der Waals surface area (Å²) in [6.07, 6.45) is 1.46. The van der Waals surface area contributed by atoms with Crippen molar-refractivity contribution in [2.24, 2.45) is 0 Å². The van der Waals surface area contributed by atoms with Gasteiger partial charge in [0.1, 0.15) is 5.82 Å². The summed E-state index contributed by atoms with van der Waals surface area (Å²) < 4.78 is 13.4. The zero-order valence-corrected chi connectivity index (χ0v) is 9.98. The second-order valence-electron chi connectivity index (χ2n) is 3.42. The number of hydrogen-bond acceptors (Lipinski definition) is 1. The average molecular weight is 256 g/mol. The highest BCUT2D eigenvalue weighted by molar-refractivity contribution is 6.39. The minimum atomic E-state index is -0.319. The molecule has 0 unspecified atom stereocenters. The average Bonchev–Trinajstić information content (AvgIpc) is 2.23. The molecule has 16 heavy (non-hydrogen) atoms. The molecule has 0 radical (unpaired) electrons. The van der Waals surface area contributed by atoms with E-state index in [1.165, 1.54) is 12.3 Å². The van der Waals surface area contributed by atoms with Crippen LogP contribution in [-0.4, -0.2) is 4.98 Å². The Bertz CT molecular complexity index is 520. The summed E-state index contributed by atoms with van der Waals surface area (Å²) in [5.41, 5.74) is 1.50. The van der Waals surface area contributed by atoms with E-state index in [0.717, 1.165) is 0 Å². The van der Waals surface area contributed by atoms with Gasteiger partial charge in [0, 0.05) is 23.4 Å². The van der Waals surface area contributed by atoms with Gasteiger partial charge < -0.3 is 0 Å². The zero-order valence-electron chi connectivity index (χ0n) is 8.47. The fourth-order valence-corrected chi connectivity index (χ4v) is 1.97. The summed E-state index contributed by atoms with van der Waals surface area (Å²) in [5, 5.41) is 0.923. The second-order valence-corrected chi connectivity index (χ2v) is 4.23. The second kappa shape index (κ2) is 4.40. The molecule has 0 N–H and O–H groups in total. The van der Waals surface area contributed by atoms with Crippen molar-refractivity contribution < 1.29 is 4.39 Å². The molecule has 0 atom stereocenters. The van der Waals surface area contributed by atoms with Crippen molar-refractivity contribution >= 4 is 23.2 Å². The lowest BCUT2D eigenvalue weighted by atomic mass is 10.1. The van der Waals surface area contributed by atoms with E-state index in [4.69, 9.17) is 23.2 Å². The fourth-order valence-electron chi connectivity index (χ4n) is 1.38. The number of nitrogens with zero attached hydrogens (tertiary/aromatic N) is 1. The maximum Gasteiger partial charge on any atom is 0.129 e. The summed E-state index contributed by atoms with van der Waals surface area (Å²) >= 11 is 12.0. The van der Waals surface area contributed by atoms with Crippen molar-refractivity contribution in [2.75, 3.05) is 0 Å². The number of rotatable bonds is 1. The predicted octanol–water partition coefficient (Wildman–Crippen LogP) is 4.50. The number of aromatic nitrogens is 1. The van der Waals surface area contributed by atoms with Gasteiger partial charge in [0.25, 0.3) is 0 Å². The summed E-state index contributed by atoms with van der Waals surface area (Å²) in [6, 6.07) is 6.46. The fraction of sp³-hybridized carbons (Fsp3) is 0.0833. The Morgan fingerprint density at radius 2 is 1.81 bits per heavy atom. The number of benzene rings is 1. The van der Waals surface area contributed by atoms with E-state index in [-0.39, 0.29) is 5.82 Å². The molecule has 1 nitrogen and oxygen atoms in total. The molecule has 0 spiro atoms. The molecule has 0 amide bonds. The highest BCUT2D eigenvalue weighted by atomic mass is 35.5. The molecule has 1 heterocycles. The summed E-state index contributed by atoms with van der Waals surface area (Å²) in [5.74, 6) is -0.319. The third-order valence-electron chi connectivity index (χ3n) is 2.26. The van der Waals surface area contributed by atoms with Gasteiger partial charge >= 0.3 is 0 Å². The van der Waals surface area contributed by atoms with Crippen molar-refractivity contribution in [1.29, 1.82) is 0 Å². The van der Waals surface area contributed by atoms with E-state index in [9.17, 15) is 4.39 Å². The highest BCUT2D eigenvalue weighted by Gasteiger charge is 2.10. The van der Waals surface area contributed by atoms with Crippen LogP contribution >= 0.6 is 23.2 Å². The Labute approximate surface area is 103 Å². The smallest absolute Gasteiger partial charge is 0.129 e. The van der Waals surface area contributed by atoms with Crippen LogP contribution in [0, 0.1) is 12.7 Å². The Hall–Kier alpha value is -1.12. The van der Waals surface area contributed by atoms with Crippen LogP contribution in [0.5, 0.6) is 0 Å². The van der Waals surface area contributed by atoms with Crippen LogP contribution in [0.25, 0.3) is 11.3 Å². The summed E-state index contributed by atoms with van der Waals surface area (Å²) in [4.78, 5) is 4.12. The lowest BCUT2D eigenvalue weighted by Gasteiger charge is -2.06. The van der Waals surface area contributed by atoms with E-state index in [1.807, 2.05) is 0 Å². The maximum absolute atomic E-state index is 13.4. The lowest BCUT2D eigenvalue weighted by Crippen LogP contribution is -1.90. The van der Waals surface area contributed by atoms with Gasteiger partial charge in [-0.05, 0) is 19.1 Å². The Morgan fingerprint density at radius 3 is 2.38 bits per heavy atom. The number of pyridine rings is 1. The molecule has 0 bridgehead atoms. The van der Waals surface area contributed by atoms with E-state index in [1.54, 1.807) is 25.1 Å². The van der Waals surface area contributed by atoms with Crippen LogP contribution in [-0.2, 0) is 0 Å². The molecule has 0 saturated carbocycles. The zero-order chi connectivity index (χ0) is 11.7. The van der Waals surface area contributed by atoms with Gasteiger partial charge in [0.15, 0.2) is 0 Å². The first-order valence-electron chi connectivity index (χ1n) is 4.66. The molecule has 82 valence electrons. The first kappa shape index (κ1) is 11.4. The monoisotopic (exact) mass is 255 g/mol. The van der Waals surface area contributed by atoms with Gasteiger partial charge in [0.2, 0.25) is 0 Å². The Morgan fingerprint density at radius 1 is 1.19 bits per heavy atom. The van der Waals surface area contributed by atoms with Gasteiger partial charge in [-0.2, -0.15) is 0 Å². The quantitative estimate of drug-likeness (QED) is 0.731. The van der Waals surface area contributed by atoms with E-state index in [0.29, 0.717) is 26.9 Å². The molecule has 0 saturated heterocycles. The predicted molar refractivity (Wildman–Crippen MR) is 64.4 cm³/mol. The summed E-state index contributed by atoms with van der Waals surface area (Å²) in [6.45, 7) is 1.65. The molecule has 2 rings (SSSR count). The van der Waals surface area contributed by atoms with Crippen LogP contribution in [0.3, 0.4) is 0 Å². The first-order chi connectivity index (χ1) is 7.59. The van der Waals surface area contributed by atoms with Crippen molar-refractivity contribution in [3.63, 3.8) is 0 Å². The molecule has 0 aliphatic rings. The van der Waals surface area contributed by atoms with Crippen molar-refractivity contribution in [3.8, 4) is 11.3 Å². The molecular formula is C12H8Cl2FN. The SMILES string of the molecule is Cc1cnc(-c2c(Cl)cccc2Cl)cc1F. The lowest BCUT2D eigenvalue weighted by molar-refractivity contribution is 0.616. The molecule has 2 aromatic rings. The molecule has 0 fully saturated rings. The third-order valence-corrected chi connectivity index (χ3v) is 2.89. The molecule has 0 aliphatic heterocycles.